The lowest BCUT2D eigenvalue weighted by molar-refractivity contribution is -0.386. The molecular formula is C12H15FN2O4. The first kappa shape index (κ1) is 14.9. The van der Waals surface area contributed by atoms with E-state index in [9.17, 15) is 19.3 Å². The Labute approximate surface area is 109 Å². The van der Waals surface area contributed by atoms with Crippen molar-refractivity contribution >= 4 is 17.3 Å². The Morgan fingerprint density at radius 2 is 2.21 bits per heavy atom. The minimum absolute atomic E-state index is 0.190. The van der Waals surface area contributed by atoms with Crippen LogP contribution >= 0.6 is 0 Å². The molecule has 0 aliphatic heterocycles. The minimum Gasteiger partial charge on any atom is -0.469 e. The summed E-state index contributed by atoms with van der Waals surface area (Å²) in [5.74, 6) is -1.22. The smallest absolute Gasteiger partial charge is 0.327 e. The number of esters is 1. The fraction of sp³-hybridized carbons (Fsp3) is 0.417. The molecule has 0 spiro atoms. The first-order chi connectivity index (χ1) is 8.97. The molecular weight excluding hydrogens is 255 g/mol. The highest BCUT2D eigenvalue weighted by atomic mass is 19.1. The van der Waals surface area contributed by atoms with Gasteiger partial charge in [-0.15, -0.1) is 0 Å². The molecule has 0 radical (unpaired) electrons. The summed E-state index contributed by atoms with van der Waals surface area (Å²) in [5, 5.41) is 10.8. The van der Waals surface area contributed by atoms with Crippen LogP contribution in [0.5, 0.6) is 0 Å². The van der Waals surface area contributed by atoms with E-state index >= 15 is 0 Å². The van der Waals surface area contributed by atoms with Crippen molar-refractivity contribution < 1.29 is 18.8 Å². The van der Waals surface area contributed by atoms with Crippen molar-refractivity contribution in [2.75, 3.05) is 25.6 Å². The molecule has 0 aliphatic rings. The van der Waals surface area contributed by atoms with Crippen molar-refractivity contribution in [2.24, 2.45) is 0 Å². The fourth-order valence-electron chi connectivity index (χ4n) is 1.68. The van der Waals surface area contributed by atoms with Gasteiger partial charge in [0.05, 0.1) is 12.0 Å². The maximum atomic E-state index is 13.4. The molecule has 0 unspecified atom stereocenters. The Kier molecular flexibility index (Phi) is 5.23. The summed E-state index contributed by atoms with van der Waals surface area (Å²) in [7, 11) is 2.91. The second-order valence-corrected chi connectivity index (χ2v) is 3.97. The zero-order valence-electron chi connectivity index (χ0n) is 10.8. The van der Waals surface area contributed by atoms with E-state index in [1.807, 2.05) is 0 Å². The molecule has 0 saturated heterocycles. The molecule has 19 heavy (non-hydrogen) atoms. The summed E-state index contributed by atoms with van der Waals surface area (Å²) in [4.78, 5) is 22.6. The predicted octanol–water partition coefficient (Wildman–Crippen LogP) is 2.12. The van der Waals surface area contributed by atoms with Gasteiger partial charge in [-0.1, -0.05) is 6.07 Å². The normalized spacial score (nSPS) is 10.1. The molecule has 0 N–H and O–H groups in total. The monoisotopic (exact) mass is 270 g/mol. The van der Waals surface area contributed by atoms with Crippen molar-refractivity contribution in [3.05, 3.63) is 34.1 Å². The van der Waals surface area contributed by atoms with Crippen LogP contribution in [0.4, 0.5) is 15.8 Å². The van der Waals surface area contributed by atoms with Gasteiger partial charge in [0.15, 0.2) is 0 Å². The number of anilines is 1. The van der Waals surface area contributed by atoms with Gasteiger partial charge in [0.2, 0.25) is 5.82 Å². The number of hydrogen-bond acceptors (Lipinski definition) is 5. The number of carbonyl (C=O) groups excluding carboxylic acids is 1. The van der Waals surface area contributed by atoms with Crippen LogP contribution in [-0.4, -0.2) is 31.6 Å². The van der Waals surface area contributed by atoms with Crippen LogP contribution in [0, 0.1) is 15.9 Å². The maximum absolute atomic E-state index is 13.4. The van der Waals surface area contributed by atoms with Gasteiger partial charge in [-0.05, 0) is 18.6 Å². The van der Waals surface area contributed by atoms with Crippen LogP contribution in [0.1, 0.15) is 12.8 Å². The van der Waals surface area contributed by atoms with E-state index in [-0.39, 0.29) is 18.1 Å². The van der Waals surface area contributed by atoms with E-state index in [0.717, 1.165) is 6.07 Å². The lowest BCUT2D eigenvalue weighted by Crippen LogP contribution is -2.21. The Balaban J connectivity index is 2.77. The lowest BCUT2D eigenvalue weighted by Gasteiger charge is -2.18. The number of ether oxygens (including phenoxy) is 1. The number of nitro benzene ring substituents is 1. The maximum Gasteiger partial charge on any atom is 0.327 e. The average Bonchev–Trinajstić information content (AvgIpc) is 2.37. The van der Waals surface area contributed by atoms with E-state index in [4.69, 9.17) is 0 Å². The van der Waals surface area contributed by atoms with E-state index in [0.29, 0.717) is 13.0 Å². The molecule has 0 fully saturated rings. The van der Waals surface area contributed by atoms with E-state index in [2.05, 4.69) is 4.74 Å². The van der Waals surface area contributed by atoms with Crippen molar-refractivity contribution in [3.8, 4) is 0 Å². The number of nitro groups is 1. The topological polar surface area (TPSA) is 72.7 Å². The van der Waals surface area contributed by atoms with Gasteiger partial charge in [0.25, 0.3) is 0 Å². The third-order valence-electron chi connectivity index (χ3n) is 2.66. The van der Waals surface area contributed by atoms with E-state index in [1.165, 1.54) is 19.2 Å². The van der Waals surface area contributed by atoms with Crippen molar-refractivity contribution in [2.45, 2.75) is 12.8 Å². The molecule has 104 valence electrons. The molecule has 7 heteroatoms. The number of carbonyl (C=O) groups is 1. The van der Waals surface area contributed by atoms with Gasteiger partial charge in [-0.3, -0.25) is 14.9 Å². The predicted molar refractivity (Wildman–Crippen MR) is 67.6 cm³/mol. The molecule has 1 rings (SSSR count). The van der Waals surface area contributed by atoms with Crippen molar-refractivity contribution in [1.29, 1.82) is 0 Å². The SMILES string of the molecule is COC(=O)CCCN(C)c1cccc(F)c1[N+](=O)[O-]. The number of hydrogen-bond donors (Lipinski definition) is 0. The Bertz CT molecular complexity index is 479. The molecule has 0 aromatic heterocycles. The largest absolute Gasteiger partial charge is 0.469 e. The quantitative estimate of drug-likeness (QED) is 0.450. The first-order valence-electron chi connectivity index (χ1n) is 5.68. The Morgan fingerprint density at radius 1 is 1.53 bits per heavy atom. The molecule has 1 aromatic carbocycles. The highest BCUT2D eigenvalue weighted by Crippen LogP contribution is 2.29. The summed E-state index contributed by atoms with van der Waals surface area (Å²) in [5.41, 5.74) is -0.363. The van der Waals surface area contributed by atoms with Crippen LogP contribution in [-0.2, 0) is 9.53 Å². The van der Waals surface area contributed by atoms with E-state index < -0.39 is 16.4 Å². The van der Waals surface area contributed by atoms with Crippen LogP contribution in [0.15, 0.2) is 18.2 Å². The molecule has 0 heterocycles. The lowest BCUT2D eigenvalue weighted by atomic mass is 10.2. The van der Waals surface area contributed by atoms with Crippen LogP contribution in [0.2, 0.25) is 0 Å². The third kappa shape index (κ3) is 3.90. The van der Waals surface area contributed by atoms with Gasteiger partial charge >= 0.3 is 11.7 Å². The molecule has 0 saturated carbocycles. The number of halogens is 1. The van der Waals surface area contributed by atoms with Crippen molar-refractivity contribution in [3.63, 3.8) is 0 Å². The van der Waals surface area contributed by atoms with Gasteiger partial charge in [-0.2, -0.15) is 4.39 Å². The highest BCUT2D eigenvalue weighted by molar-refractivity contribution is 5.69. The van der Waals surface area contributed by atoms with Gasteiger partial charge < -0.3 is 9.64 Å². The summed E-state index contributed by atoms with van der Waals surface area (Å²) in [6, 6.07) is 3.93. The molecule has 6 nitrogen and oxygen atoms in total. The van der Waals surface area contributed by atoms with Crippen molar-refractivity contribution in [1.82, 2.24) is 0 Å². The number of para-hydroxylation sites is 1. The summed E-state index contributed by atoms with van der Waals surface area (Å²) in [6.45, 7) is 0.388. The van der Waals surface area contributed by atoms with Crippen LogP contribution in [0.3, 0.4) is 0 Å². The zero-order valence-corrected chi connectivity index (χ0v) is 10.8. The van der Waals surface area contributed by atoms with Gasteiger partial charge in [-0.25, -0.2) is 0 Å². The standard InChI is InChI=1S/C12H15FN2O4/c1-14(8-4-7-11(16)19-2)10-6-3-5-9(13)12(10)15(17)18/h3,5-6H,4,7-8H2,1-2H3. The first-order valence-corrected chi connectivity index (χ1v) is 5.68. The number of benzene rings is 1. The second kappa shape index (κ2) is 6.67. The van der Waals surface area contributed by atoms with E-state index in [1.54, 1.807) is 11.9 Å². The average molecular weight is 270 g/mol. The highest BCUT2D eigenvalue weighted by Gasteiger charge is 2.22. The number of methoxy groups -OCH3 is 1. The zero-order chi connectivity index (χ0) is 14.4. The number of rotatable bonds is 6. The summed E-state index contributed by atoms with van der Waals surface area (Å²) >= 11 is 0. The third-order valence-corrected chi connectivity index (χ3v) is 2.66. The van der Waals surface area contributed by atoms with Gasteiger partial charge in [0.1, 0.15) is 5.69 Å². The Hall–Kier alpha value is -2.18. The molecule has 0 atom stereocenters. The fourth-order valence-corrected chi connectivity index (χ4v) is 1.68. The molecule has 0 bridgehead atoms. The Morgan fingerprint density at radius 3 is 2.79 bits per heavy atom. The summed E-state index contributed by atoms with van der Waals surface area (Å²) < 4.78 is 17.9. The molecule has 1 aromatic rings. The molecule has 0 aliphatic carbocycles. The van der Waals surface area contributed by atoms with Crippen LogP contribution < -0.4 is 4.90 Å². The summed E-state index contributed by atoms with van der Waals surface area (Å²) in [6.07, 6.45) is 0.681. The second-order valence-electron chi connectivity index (χ2n) is 3.97. The van der Waals surface area contributed by atoms with Crippen LogP contribution in [0.25, 0.3) is 0 Å². The van der Waals surface area contributed by atoms with Gasteiger partial charge in [0, 0.05) is 20.0 Å². The minimum atomic E-state index is -0.873. The number of nitrogens with zero attached hydrogens (tertiary/aromatic N) is 2. The molecule has 0 amide bonds.